The molecule has 3 heterocycles. The van der Waals surface area contributed by atoms with Gasteiger partial charge in [-0.05, 0) is 30.9 Å². The number of anilines is 2. The molecule has 1 amide bonds. The molecule has 1 aliphatic carbocycles. The second-order valence-electron chi connectivity index (χ2n) is 8.06. The average Bonchev–Trinajstić information content (AvgIpc) is 3.35. The minimum Gasteiger partial charge on any atom is -0.403 e. The lowest BCUT2D eigenvalue weighted by atomic mass is 9.87. The lowest BCUT2D eigenvalue weighted by Gasteiger charge is -2.24. The van der Waals surface area contributed by atoms with Gasteiger partial charge < -0.3 is 15.0 Å². The summed E-state index contributed by atoms with van der Waals surface area (Å²) in [6.45, 7) is 0. The van der Waals surface area contributed by atoms with Crippen LogP contribution in [0.15, 0.2) is 24.7 Å². The van der Waals surface area contributed by atoms with Gasteiger partial charge in [-0.2, -0.15) is 5.10 Å². The van der Waals surface area contributed by atoms with Crippen molar-refractivity contribution in [2.45, 2.75) is 25.6 Å². The highest BCUT2D eigenvalue weighted by molar-refractivity contribution is 7.19. The topological polar surface area (TPSA) is 96.0 Å². The lowest BCUT2D eigenvalue weighted by molar-refractivity contribution is -0.274. The molecule has 5 rings (SSSR count). The Morgan fingerprint density at radius 3 is 2.88 bits per heavy atom. The van der Waals surface area contributed by atoms with Crippen LogP contribution in [0.2, 0.25) is 0 Å². The highest BCUT2D eigenvalue weighted by atomic mass is 32.1. The Balaban J connectivity index is 1.55. The van der Waals surface area contributed by atoms with Gasteiger partial charge in [-0.25, -0.2) is 9.97 Å². The molecule has 0 spiro atoms. The molecule has 1 aromatic carbocycles. The van der Waals surface area contributed by atoms with Crippen LogP contribution in [0.5, 0.6) is 5.75 Å². The fourth-order valence-corrected chi connectivity index (χ4v) is 5.45. The number of ether oxygens (including phenoxy) is 1. The normalized spacial score (nSPS) is 16.1. The van der Waals surface area contributed by atoms with Gasteiger partial charge in [-0.15, -0.1) is 24.5 Å². The average molecular weight is 476 g/mol. The zero-order valence-corrected chi connectivity index (χ0v) is 18.5. The predicted octanol–water partition coefficient (Wildman–Crippen LogP) is 4.40. The molecular weight excluding hydrogens is 457 g/mol. The number of halogens is 3. The smallest absolute Gasteiger partial charge is 0.403 e. The van der Waals surface area contributed by atoms with Crippen LogP contribution in [0, 0.1) is 5.92 Å². The maximum atomic E-state index is 13.0. The van der Waals surface area contributed by atoms with Crippen LogP contribution in [0.25, 0.3) is 21.1 Å². The van der Waals surface area contributed by atoms with Gasteiger partial charge in [0.15, 0.2) is 5.75 Å². The van der Waals surface area contributed by atoms with Crippen molar-refractivity contribution in [3.63, 3.8) is 0 Å². The number of thiophene rings is 1. The van der Waals surface area contributed by atoms with Crippen LogP contribution in [-0.4, -0.2) is 51.4 Å². The maximum Gasteiger partial charge on any atom is 0.573 e. The van der Waals surface area contributed by atoms with Crippen LogP contribution in [0.3, 0.4) is 0 Å². The van der Waals surface area contributed by atoms with Crippen molar-refractivity contribution in [2.75, 3.05) is 19.4 Å². The Hall–Kier alpha value is -3.41. The number of nitrogens with zero attached hydrogens (tertiary/aromatic N) is 4. The van der Waals surface area contributed by atoms with Crippen molar-refractivity contribution < 1.29 is 22.7 Å². The van der Waals surface area contributed by atoms with Gasteiger partial charge in [0, 0.05) is 36.3 Å². The molecule has 8 nitrogen and oxygen atoms in total. The molecule has 4 aromatic rings. The molecule has 1 atom stereocenters. The number of alkyl halides is 3. The van der Waals surface area contributed by atoms with Crippen LogP contribution in [0.1, 0.15) is 16.9 Å². The van der Waals surface area contributed by atoms with Crippen LogP contribution >= 0.6 is 11.3 Å². The van der Waals surface area contributed by atoms with Crippen molar-refractivity contribution in [2.24, 2.45) is 5.92 Å². The Morgan fingerprint density at radius 2 is 2.12 bits per heavy atom. The van der Waals surface area contributed by atoms with Crippen molar-refractivity contribution >= 4 is 49.9 Å². The van der Waals surface area contributed by atoms with E-state index in [0.29, 0.717) is 36.0 Å². The van der Waals surface area contributed by atoms with Crippen LogP contribution in [-0.2, 0) is 17.6 Å². The van der Waals surface area contributed by atoms with Crippen molar-refractivity contribution in [3.8, 4) is 5.75 Å². The lowest BCUT2D eigenvalue weighted by Crippen LogP contribution is -2.32. The van der Waals surface area contributed by atoms with Gasteiger partial charge in [-0.3, -0.25) is 9.89 Å². The number of carbonyl (C=O) groups excluding carboxylic acids is 1. The minimum absolute atomic E-state index is 0.0879. The summed E-state index contributed by atoms with van der Waals surface area (Å²) in [5.74, 6) is -0.0124. The van der Waals surface area contributed by atoms with E-state index in [9.17, 15) is 18.0 Å². The summed E-state index contributed by atoms with van der Waals surface area (Å²) < 4.78 is 43.4. The molecule has 2 N–H and O–H groups in total. The molecule has 3 aromatic heterocycles. The Kier molecular flexibility index (Phi) is 5.11. The number of H-pyrrole nitrogens is 1. The zero-order valence-electron chi connectivity index (χ0n) is 17.7. The standard InChI is InChI=1S/C21H19F3N6O2S/c1-30(2)20(31)10-3-4-12-16(6-10)33-19-17(12)18(25-9-26-19)28-14-5-11-8-27-29-13(11)7-15(14)32-21(22,23)24/h5,7-10H,3-4,6H2,1-2H3,(H,27,29)(H,25,26,28)/t10-/m0/s1. The second-order valence-corrected chi connectivity index (χ2v) is 9.14. The molecule has 0 aliphatic heterocycles. The predicted molar refractivity (Wildman–Crippen MR) is 118 cm³/mol. The van der Waals surface area contributed by atoms with E-state index in [2.05, 4.69) is 30.2 Å². The third-order valence-corrected chi connectivity index (χ3v) is 6.82. The number of aromatic amines is 1. The zero-order chi connectivity index (χ0) is 23.3. The van der Waals surface area contributed by atoms with E-state index < -0.39 is 12.1 Å². The number of hydrogen-bond acceptors (Lipinski definition) is 7. The maximum absolute atomic E-state index is 13.0. The summed E-state index contributed by atoms with van der Waals surface area (Å²) in [6, 6.07) is 2.77. The minimum atomic E-state index is -4.86. The van der Waals surface area contributed by atoms with E-state index >= 15 is 0 Å². The Bertz CT molecular complexity index is 1360. The van der Waals surface area contributed by atoms with E-state index in [-0.39, 0.29) is 17.5 Å². The molecule has 0 radical (unpaired) electrons. The van der Waals surface area contributed by atoms with Crippen molar-refractivity contribution in [1.82, 2.24) is 25.1 Å². The third kappa shape index (κ3) is 4.06. The molecular formula is C21H19F3N6O2S. The van der Waals surface area contributed by atoms with E-state index in [1.54, 1.807) is 19.0 Å². The monoisotopic (exact) mass is 476 g/mol. The number of fused-ring (bicyclic) bond motifs is 4. The molecule has 172 valence electrons. The molecule has 0 fully saturated rings. The van der Waals surface area contributed by atoms with Gasteiger partial charge in [0.1, 0.15) is 17.0 Å². The van der Waals surface area contributed by atoms with E-state index in [0.717, 1.165) is 20.7 Å². The molecule has 12 heteroatoms. The van der Waals surface area contributed by atoms with Gasteiger partial charge in [0.05, 0.1) is 22.8 Å². The summed E-state index contributed by atoms with van der Waals surface area (Å²) in [7, 11) is 3.49. The largest absolute Gasteiger partial charge is 0.573 e. The van der Waals surface area contributed by atoms with E-state index in [4.69, 9.17) is 0 Å². The van der Waals surface area contributed by atoms with Crippen molar-refractivity contribution in [1.29, 1.82) is 0 Å². The fourth-order valence-electron chi connectivity index (χ4n) is 4.19. The third-order valence-electron chi connectivity index (χ3n) is 5.65. The highest BCUT2D eigenvalue weighted by Crippen LogP contribution is 2.42. The first-order valence-corrected chi connectivity index (χ1v) is 11.0. The highest BCUT2D eigenvalue weighted by Gasteiger charge is 2.33. The first-order valence-electron chi connectivity index (χ1n) is 10.2. The molecule has 1 aliphatic rings. The molecule has 0 unspecified atom stereocenters. The number of nitrogens with one attached hydrogen (secondary N) is 2. The van der Waals surface area contributed by atoms with Crippen LogP contribution in [0.4, 0.5) is 24.7 Å². The summed E-state index contributed by atoms with van der Waals surface area (Å²) >= 11 is 1.49. The second kappa shape index (κ2) is 7.87. The Morgan fingerprint density at radius 1 is 1.30 bits per heavy atom. The quantitative estimate of drug-likeness (QED) is 0.453. The van der Waals surface area contributed by atoms with Crippen molar-refractivity contribution in [3.05, 3.63) is 35.1 Å². The molecule has 0 bridgehead atoms. The molecule has 0 saturated heterocycles. The van der Waals surface area contributed by atoms with Gasteiger partial charge in [0.25, 0.3) is 0 Å². The number of aromatic nitrogens is 4. The van der Waals surface area contributed by atoms with E-state index in [1.807, 2.05) is 0 Å². The number of carbonyl (C=O) groups is 1. The van der Waals surface area contributed by atoms with Gasteiger partial charge >= 0.3 is 6.36 Å². The fraction of sp³-hybridized carbons (Fsp3) is 0.333. The summed E-state index contributed by atoms with van der Waals surface area (Å²) in [4.78, 5) is 24.5. The number of aryl methyl sites for hydroxylation is 1. The molecule has 0 saturated carbocycles. The number of amides is 1. The first-order chi connectivity index (χ1) is 15.7. The number of benzene rings is 1. The summed E-state index contributed by atoms with van der Waals surface area (Å²) in [6.07, 6.45) is -0.0175. The van der Waals surface area contributed by atoms with E-state index in [1.165, 1.54) is 36.0 Å². The first kappa shape index (κ1) is 21.4. The van der Waals surface area contributed by atoms with Gasteiger partial charge in [-0.1, -0.05) is 0 Å². The summed E-state index contributed by atoms with van der Waals surface area (Å²) in [5.41, 5.74) is 1.55. The number of hydrogen-bond donors (Lipinski definition) is 2. The Labute approximate surface area is 189 Å². The SMILES string of the molecule is CN(C)C(=O)[C@H]1CCc2c(sc3ncnc(Nc4cc5cn[nH]c5cc4OC(F)(F)F)c23)C1. The number of rotatable bonds is 4. The van der Waals surface area contributed by atoms with Gasteiger partial charge in [0.2, 0.25) is 5.91 Å². The van der Waals surface area contributed by atoms with Crippen LogP contribution < -0.4 is 10.1 Å². The summed E-state index contributed by atoms with van der Waals surface area (Å²) in [5, 5.41) is 10.9. The molecule has 33 heavy (non-hydrogen) atoms.